The lowest BCUT2D eigenvalue weighted by Gasteiger charge is -2.13. The second-order valence-corrected chi connectivity index (χ2v) is 7.92. The Labute approximate surface area is 190 Å². The second kappa shape index (κ2) is 10.5. The summed E-state index contributed by atoms with van der Waals surface area (Å²) in [7, 11) is 0. The molecule has 0 aliphatic rings. The number of amides is 1. The quantitative estimate of drug-likeness (QED) is 0.399. The van der Waals surface area contributed by atoms with Crippen LogP contribution in [0.25, 0.3) is 0 Å². The molecule has 0 aliphatic heterocycles. The molecule has 0 unspecified atom stereocenters. The van der Waals surface area contributed by atoms with Crippen molar-refractivity contribution in [1.82, 2.24) is 15.2 Å². The average molecular weight is 447 g/mol. The molecule has 0 saturated heterocycles. The van der Waals surface area contributed by atoms with Crippen LogP contribution in [-0.4, -0.2) is 27.7 Å². The standard InChI is InChI=1S/C24H22N4O3S/c1-2-30-21-14-19(10-11-20(21)31-16-18-9-6-12-25-15-18)23(29)26-24-28-27-22(32-24)13-17-7-4-3-5-8-17/h3-12,14-15H,2,13,16H2,1H3,(H,26,28,29). The fourth-order valence-corrected chi connectivity index (χ4v) is 3.77. The number of pyridine rings is 1. The van der Waals surface area contributed by atoms with Crippen LogP contribution >= 0.6 is 11.3 Å². The van der Waals surface area contributed by atoms with Gasteiger partial charge in [-0.2, -0.15) is 0 Å². The highest BCUT2D eigenvalue weighted by molar-refractivity contribution is 7.15. The molecule has 162 valence electrons. The van der Waals surface area contributed by atoms with E-state index in [9.17, 15) is 4.79 Å². The first-order chi connectivity index (χ1) is 15.7. The van der Waals surface area contributed by atoms with E-state index in [-0.39, 0.29) is 5.91 Å². The van der Waals surface area contributed by atoms with Gasteiger partial charge < -0.3 is 9.47 Å². The molecular formula is C24H22N4O3S. The normalized spacial score (nSPS) is 10.5. The number of anilines is 1. The summed E-state index contributed by atoms with van der Waals surface area (Å²) >= 11 is 1.36. The fraction of sp³-hybridized carbons (Fsp3) is 0.167. The molecule has 0 atom stereocenters. The highest BCUT2D eigenvalue weighted by atomic mass is 32.1. The number of aromatic nitrogens is 3. The molecule has 2 aromatic heterocycles. The van der Waals surface area contributed by atoms with Gasteiger partial charge in [0.25, 0.3) is 5.91 Å². The molecule has 0 bridgehead atoms. The van der Waals surface area contributed by atoms with Crippen molar-refractivity contribution in [3.63, 3.8) is 0 Å². The summed E-state index contributed by atoms with van der Waals surface area (Å²) in [4.78, 5) is 16.8. The van der Waals surface area contributed by atoms with Crippen molar-refractivity contribution in [3.8, 4) is 11.5 Å². The first-order valence-electron chi connectivity index (χ1n) is 10.2. The topological polar surface area (TPSA) is 86.2 Å². The lowest BCUT2D eigenvalue weighted by atomic mass is 10.2. The maximum Gasteiger partial charge on any atom is 0.257 e. The molecule has 32 heavy (non-hydrogen) atoms. The Morgan fingerprint density at radius 2 is 1.81 bits per heavy atom. The number of nitrogens with one attached hydrogen (secondary N) is 1. The lowest BCUT2D eigenvalue weighted by Crippen LogP contribution is -2.12. The Hall–Kier alpha value is -3.78. The van der Waals surface area contributed by atoms with E-state index in [1.807, 2.05) is 49.4 Å². The SMILES string of the molecule is CCOc1cc(C(=O)Nc2nnc(Cc3ccccc3)s2)ccc1OCc1cccnc1. The number of carbonyl (C=O) groups is 1. The van der Waals surface area contributed by atoms with Crippen LogP contribution in [0.3, 0.4) is 0 Å². The molecule has 1 N–H and O–H groups in total. The fourth-order valence-electron chi connectivity index (χ4n) is 3.00. The maximum atomic E-state index is 12.8. The van der Waals surface area contributed by atoms with Gasteiger partial charge in [0.05, 0.1) is 6.61 Å². The number of rotatable bonds is 9. The summed E-state index contributed by atoms with van der Waals surface area (Å²) in [6.07, 6.45) is 4.13. The number of hydrogen-bond donors (Lipinski definition) is 1. The minimum Gasteiger partial charge on any atom is -0.490 e. The highest BCUT2D eigenvalue weighted by Crippen LogP contribution is 2.30. The molecule has 0 aliphatic carbocycles. The van der Waals surface area contributed by atoms with E-state index >= 15 is 0 Å². The Morgan fingerprint density at radius 3 is 2.59 bits per heavy atom. The maximum absolute atomic E-state index is 12.8. The minimum atomic E-state index is -0.285. The number of ether oxygens (including phenoxy) is 2. The summed E-state index contributed by atoms with van der Waals surface area (Å²) in [5.41, 5.74) is 2.53. The summed E-state index contributed by atoms with van der Waals surface area (Å²) in [6, 6.07) is 18.9. The third kappa shape index (κ3) is 5.67. The van der Waals surface area contributed by atoms with Gasteiger partial charge >= 0.3 is 0 Å². The van der Waals surface area contributed by atoms with Crippen molar-refractivity contribution in [2.45, 2.75) is 20.0 Å². The van der Waals surface area contributed by atoms with E-state index in [1.54, 1.807) is 30.6 Å². The van der Waals surface area contributed by atoms with Crippen LogP contribution < -0.4 is 14.8 Å². The summed E-state index contributed by atoms with van der Waals surface area (Å²) in [5.74, 6) is 0.784. The van der Waals surface area contributed by atoms with Gasteiger partial charge in [-0.15, -0.1) is 10.2 Å². The Morgan fingerprint density at radius 1 is 0.969 bits per heavy atom. The van der Waals surface area contributed by atoms with E-state index in [0.29, 0.717) is 41.8 Å². The van der Waals surface area contributed by atoms with E-state index < -0.39 is 0 Å². The van der Waals surface area contributed by atoms with Crippen LogP contribution in [0.4, 0.5) is 5.13 Å². The molecule has 2 heterocycles. The lowest BCUT2D eigenvalue weighted by molar-refractivity contribution is 0.102. The summed E-state index contributed by atoms with van der Waals surface area (Å²) in [5, 5.41) is 12.4. The van der Waals surface area contributed by atoms with Gasteiger partial charge in [-0.1, -0.05) is 47.7 Å². The van der Waals surface area contributed by atoms with E-state index in [4.69, 9.17) is 9.47 Å². The van der Waals surface area contributed by atoms with Crippen LogP contribution in [-0.2, 0) is 13.0 Å². The molecule has 0 radical (unpaired) electrons. The van der Waals surface area contributed by atoms with Crippen molar-refractivity contribution in [2.75, 3.05) is 11.9 Å². The van der Waals surface area contributed by atoms with Gasteiger partial charge in [0.15, 0.2) is 11.5 Å². The molecule has 0 fully saturated rings. The predicted molar refractivity (Wildman–Crippen MR) is 123 cm³/mol. The van der Waals surface area contributed by atoms with Crippen LogP contribution in [0.5, 0.6) is 11.5 Å². The van der Waals surface area contributed by atoms with Gasteiger partial charge in [-0.05, 0) is 36.8 Å². The van der Waals surface area contributed by atoms with Gasteiger partial charge in [-0.25, -0.2) is 0 Å². The number of carbonyl (C=O) groups excluding carboxylic acids is 1. The molecule has 4 aromatic rings. The third-order valence-corrected chi connectivity index (χ3v) is 5.35. The van der Waals surface area contributed by atoms with E-state index in [1.165, 1.54) is 11.3 Å². The largest absolute Gasteiger partial charge is 0.490 e. The molecule has 1 amide bonds. The number of nitrogens with zero attached hydrogens (tertiary/aromatic N) is 3. The van der Waals surface area contributed by atoms with Crippen molar-refractivity contribution in [3.05, 3.63) is 94.8 Å². The van der Waals surface area contributed by atoms with Crippen molar-refractivity contribution < 1.29 is 14.3 Å². The van der Waals surface area contributed by atoms with Crippen LogP contribution in [0.1, 0.15) is 33.4 Å². The van der Waals surface area contributed by atoms with Crippen LogP contribution in [0.15, 0.2) is 73.1 Å². The third-order valence-electron chi connectivity index (χ3n) is 4.51. The van der Waals surface area contributed by atoms with Crippen molar-refractivity contribution in [2.24, 2.45) is 0 Å². The number of benzene rings is 2. The first-order valence-corrected chi connectivity index (χ1v) is 11.0. The molecule has 7 nitrogen and oxygen atoms in total. The zero-order valence-corrected chi connectivity index (χ0v) is 18.3. The van der Waals surface area contributed by atoms with E-state index in [0.717, 1.165) is 16.1 Å². The number of hydrogen-bond acceptors (Lipinski definition) is 7. The van der Waals surface area contributed by atoms with Gasteiger partial charge in [0.2, 0.25) is 5.13 Å². The van der Waals surface area contributed by atoms with Gasteiger partial charge in [0.1, 0.15) is 11.6 Å². The Kier molecular flexibility index (Phi) is 7.04. The Balaban J connectivity index is 1.42. The van der Waals surface area contributed by atoms with Crippen LogP contribution in [0.2, 0.25) is 0 Å². The zero-order chi connectivity index (χ0) is 22.2. The van der Waals surface area contributed by atoms with E-state index in [2.05, 4.69) is 20.5 Å². The second-order valence-electron chi connectivity index (χ2n) is 6.86. The molecule has 0 saturated carbocycles. The zero-order valence-electron chi connectivity index (χ0n) is 17.5. The smallest absolute Gasteiger partial charge is 0.257 e. The summed E-state index contributed by atoms with van der Waals surface area (Å²) < 4.78 is 11.6. The molecular weight excluding hydrogens is 424 g/mol. The highest BCUT2D eigenvalue weighted by Gasteiger charge is 2.14. The first kappa shape index (κ1) is 21.5. The van der Waals surface area contributed by atoms with Gasteiger partial charge in [0, 0.05) is 29.9 Å². The molecule has 0 spiro atoms. The molecule has 4 rings (SSSR count). The van der Waals surface area contributed by atoms with Crippen molar-refractivity contribution >= 4 is 22.4 Å². The minimum absolute atomic E-state index is 0.285. The van der Waals surface area contributed by atoms with Gasteiger partial charge in [-0.3, -0.25) is 15.1 Å². The molecule has 2 aromatic carbocycles. The Bertz CT molecular complexity index is 1170. The van der Waals surface area contributed by atoms with Crippen LogP contribution in [0, 0.1) is 0 Å². The van der Waals surface area contributed by atoms with Crippen molar-refractivity contribution in [1.29, 1.82) is 0 Å². The molecule has 8 heteroatoms. The predicted octanol–water partition coefficient (Wildman–Crippen LogP) is 4.75. The average Bonchev–Trinajstić information content (AvgIpc) is 3.26. The monoisotopic (exact) mass is 446 g/mol. The summed E-state index contributed by atoms with van der Waals surface area (Å²) in [6.45, 7) is 2.69.